The summed E-state index contributed by atoms with van der Waals surface area (Å²) in [4.78, 5) is 20.4. The monoisotopic (exact) mass is 172 g/mol. The first-order valence-corrected chi connectivity index (χ1v) is 3.77. The molecule has 12 heavy (non-hydrogen) atoms. The van der Waals surface area contributed by atoms with Crippen LogP contribution in [0.25, 0.3) is 0 Å². The fourth-order valence-electron chi connectivity index (χ4n) is 1.04. The van der Waals surface area contributed by atoms with Crippen LogP contribution < -0.4 is 0 Å². The fraction of sp³-hybridized carbons (Fsp3) is 0.625. The van der Waals surface area contributed by atoms with Gasteiger partial charge in [-0.05, 0) is 6.42 Å². The molecule has 1 atom stereocenters. The van der Waals surface area contributed by atoms with E-state index < -0.39 is 0 Å². The minimum absolute atomic E-state index is 0.0335. The van der Waals surface area contributed by atoms with Gasteiger partial charge in [-0.3, -0.25) is 0 Å². The molecule has 4 heteroatoms. The summed E-state index contributed by atoms with van der Waals surface area (Å²) in [5, 5.41) is 0. The summed E-state index contributed by atoms with van der Waals surface area (Å²) in [6.07, 6.45) is 0.758. The number of carbonyl (C=O) groups is 1. The summed E-state index contributed by atoms with van der Waals surface area (Å²) in [6, 6.07) is 0. The molecule has 0 aliphatic carbocycles. The second-order valence-corrected chi connectivity index (χ2v) is 2.61. The molecule has 0 aromatic heterocycles. The van der Waals surface area contributed by atoms with Gasteiger partial charge in [0.2, 0.25) is 0 Å². The van der Waals surface area contributed by atoms with Crippen LogP contribution in [0.5, 0.6) is 0 Å². The number of hydrogen-bond acceptors (Lipinski definition) is 4. The highest BCUT2D eigenvalue weighted by Crippen LogP contribution is 2.19. The second kappa shape index (κ2) is 4.23. The third-order valence-corrected chi connectivity index (χ3v) is 1.84. The van der Waals surface area contributed by atoms with Crippen molar-refractivity contribution in [2.75, 3.05) is 20.3 Å². The van der Waals surface area contributed by atoms with Gasteiger partial charge in [-0.1, -0.05) is 6.58 Å². The van der Waals surface area contributed by atoms with Gasteiger partial charge in [0.15, 0.2) is 0 Å². The van der Waals surface area contributed by atoms with Crippen LogP contribution >= 0.6 is 0 Å². The van der Waals surface area contributed by atoms with E-state index in [0.29, 0.717) is 18.8 Å². The molecule has 0 amide bonds. The van der Waals surface area contributed by atoms with E-state index in [4.69, 9.17) is 4.89 Å². The standard InChI is InChI=1S/C8H12O4/c1-6(8(9)10-2)7-3-4-11-12-5-7/h7H,1,3-5H2,2H3. The summed E-state index contributed by atoms with van der Waals surface area (Å²) < 4.78 is 4.53. The molecule has 0 aromatic rings. The van der Waals surface area contributed by atoms with Crippen molar-refractivity contribution in [3.63, 3.8) is 0 Å². The van der Waals surface area contributed by atoms with Crippen molar-refractivity contribution in [1.82, 2.24) is 0 Å². The van der Waals surface area contributed by atoms with Crippen LogP contribution in [-0.4, -0.2) is 26.3 Å². The van der Waals surface area contributed by atoms with Crippen LogP contribution in [0, 0.1) is 5.92 Å². The van der Waals surface area contributed by atoms with Crippen molar-refractivity contribution in [3.05, 3.63) is 12.2 Å². The van der Waals surface area contributed by atoms with Crippen molar-refractivity contribution in [2.24, 2.45) is 5.92 Å². The van der Waals surface area contributed by atoms with E-state index in [1.165, 1.54) is 7.11 Å². The minimum Gasteiger partial charge on any atom is -0.466 e. The molecule has 0 spiro atoms. The van der Waals surface area contributed by atoms with Crippen molar-refractivity contribution in [1.29, 1.82) is 0 Å². The SMILES string of the molecule is C=C(C(=O)OC)C1CCOOC1. The highest BCUT2D eigenvalue weighted by Gasteiger charge is 2.22. The van der Waals surface area contributed by atoms with Crippen molar-refractivity contribution >= 4 is 5.97 Å². The van der Waals surface area contributed by atoms with E-state index in [2.05, 4.69) is 16.2 Å². The molecule has 0 saturated carbocycles. The highest BCUT2D eigenvalue weighted by molar-refractivity contribution is 5.88. The van der Waals surface area contributed by atoms with Gasteiger partial charge < -0.3 is 4.74 Å². The number of rotatable bonds is 2. The third-order valence-electron chi connectivity index (χ3n) is 1.84. The molecule has 1 aliphatic heterocycles. The average Bonchev–Trinajstić information content (AvgIpc) is 2.17. The maximum Gasteiger partial charge on any atom is 0.333 e. The lowest BCUT2D eigenvalue weighted by molar-refractivity contribution is -0.321. The van der Waals surface area contributed by atoms with E-state index >= 15 is 0 Å². The zero-order valence-corrected chi connectivity index (χ0v) is 7.04. The number of carbonyl (C=O) groups excluding carboxylic acids is 1. The van der Waals surface area contributed by atoms with Crippen LogP contribution in [0.1, 0.15) is 6.42 Å². The quantitative estimate of drug-likeness (QED) is 0.349. The zero-order valence-electron chi connectivity index (χ0n) is 7.04. The number of methoxy groups -OCH3 is 1. The Labute approximate surface area is 71.0 Å². The molecule has 0 aromatic carbocycles. The number of ether oxygens (including phenoxy) is 1. The molecule has 1 heterocycles. The summed E-state index contributed by atoms with van der Waals surface area (Å²) in [7, 11) is 1.34. The van der Waals surface area contributed by atoms with Gasteiger partial charge in [-0.15, -0.1) is 0 Å². The Bertz CT molecular complexity index is 181. The predicted molar refractivity (Wildman–Crippen MR) is 41.2 cm³/mol. The van der Waals surface area contributed by atoms with Crippen molar-refractivity contribution in [3.8, 4) is 0 Å². The van der Waals surface area contributed by atoms with Gasteiger partial charge in [0.1, 0.15) is 0 Å². The lowest BCUT2D eigenvalue weighted by atomic mass is 9.98. The minimum atomic E-state index is -0.370. The molecule has 1 rings (SSSR count). The number of esters is 1. The summed E-state index contributed by atoms with van der Waals surface area (Å²) in [5.41, 5.74) is 0.459. The Balaban J connectivity index is 2.45. The van der Waals surface area contributed by atoms with Gasteiger partial charge in [-0.2, -0.15) is 0 Å². The Morgan fingerprint density at radius 1 is 1.58 bits per heavy atom. The lowest BCUT2D eigenvalue weighted by Crippen LogP contribution is -2.24. The molecule has 0 radical (unpaired) electrons. The largest absolute Gasteiger partial charge is 0.466 e. The topological polar surface area (TPSA) is 44.8 Å². The smallest absolute Gasteiger partial charge is 0.333 e. The van der Waals surface area contributed by atoms with Crippen LogP contribution in [0.4, 0.5) is 0 Å². The predicted octanol–water partition coefficient (Wildman–Crippen LogP) is 0.684. The highest BCUT2D eigenvalue weighted by atomic mass is 17.2. The summed E-state index contributed by atoms with van der Waals surface area (Å²) in [5.74, 6) is -0.336. The maximum absolute atomic E-state index is 11.0. The van der Waals surface area contributed by atoms with Gasteiger partial charge in [0.25, 0.3) is 0 Å². The second-order valence-electron chi connectivity index (χ2n) is 2.61. The van der Waals surface area contributed by atoms with Crippen LogP contribution in [0.2, 0.25) is 0 Å². The molecule has 1 saturated heterocycles. The molecule has 1 unspecified atom stereocenters. The number of hydrogen-bond donors (Lipinski definition) is 0. The molecule has 0 bridgehead atoms. The van der Waals surface area contributed by atoms with E-state index in [1.807, 2.05) is 0 Å². The van der Waals surface area contributed by atoms with Gasteiger partial charge >= 0.3 is 5.97 Å². The maximum atomic E-state index is 11.0. The molecule has 1 aliphatic rings. The molecule has 68 valence electrons. The lowest BCUT2D eigenvalue weighted by Gasteiger charge is -2.21. The fourth-order valence-corrected chi connectivity index (χ4v) is 1.04. The zero-order chi connectivity index (χ0) is 8.97. The average molecular weight is 172 g/mol. The van der Waals surface area contributed by atoms with Crippen molar-refractivity contribution in [2.45, 2.75) is 6.42 Å². The van der Waals surface area contributed by atoms with E-state index in [0.717, 1.165) is 6.42 Å². The van der Waals surface area contributed by atoms with Crippen LogP contribution in [0.15, 0.2) is 12.2 Å². The van der Waals surface area contributed by atoms with Gasteiger partial charge in [0, 0.05) is 11.5 Å². The van der Waals surface area contributed by atoms with Crippen molar-refractivity contribution < 1.29 is 19.3 Å². The summed E-state index contributed by atoms with van der Waals surface area (Å²) in [6.45, 7) is 4.52. The Morgan fingerprint density at radius 3 is 2.83 bits per heavy atom. The first-order chi connectivity index (χ1) is 5.75. The Morgan fingerprint density at radius 2 is 2.33 bits per heavy atom. The van der Waals surface area contributed by atoms with E-state index in [-0.39, 0.29) is 11.9 Å². The first kappa shape index (κ1) is 9.22. The molecule has 4 nitrogen and oxygen atoms in total. The Kier molecular flexibility index (Phi) is 3.25. The van der Waals surface area contributed by atoms with Crippen LogP contribution in [-0.2, 0) is 19.3 Å². The normalized spacial score (nSPS) is 23.2. The molecular weight excluding hydrogens is 160 g/mol. The third kappa shape index (κ3) is 2.06. The summed E-state index contributed by atoms with van der Waals surface area (Å²) >= 11 is 0. The molecule has 1 fully saturated rings. The first-order valence-electron chi connectivity index (χ1n) is 3.77. The van der Waals surface area contributed by atoms with Crippen LogP contribution in [0.3, 0.4) is 0 Å². The Hall–Kier alpha value is -0.870. The van der Waals surface area contributed by atoms with E-state index in [9.17, 15) is 4.79 Å². The van der Waals surface area contributed by atoms with Gasteiger partial charge in [-0.25, -0.2) is 14.6 Å². The molecule has 0 N–H and O–H groups in total. The molecular formula is C8H12O4. The van der Waals surface area contributed by atoms with Gasteiger partial charge in [0.05, 0.1) is 20.3 Å². The van der Waals surface area contributed by atoms with E-state index in [1.54, 1.807) is 0 Å².